The third-order valence-corrected chi connectivity index (χ3v) is 3.25. The molecule has 2 aromatic rings. The van der Waals surface area contributed by atoms with Crippen LogP contribution in [0, 0.1) is 0 Å². The first kappa shape index (κ1) is 10.4. The van der Waals surface area contributed by atoms with Crippen LogP contribution in [0.15, 0.2) is 30.5 Å². The number of aryl methyl sites for hydroxylation is 2. The minimum atomic E-state index is 0.325. The quantitative estimate of drug-likeness (QED) is 0.857. The molecule has 0 fully saturated rings. The van der Waals surface area contributed by atoms with Gasteiger partial charge in [-0.1, -0.05) is 12.1 Å². The molecule has 2 heterocycles. The average molecular weight is 228 g/mol. The third kappa shape index (κ3) is 2.18. The Labute approximate surface area is 101 Å². The second-order valence-electron chi connectivity index (χ2n) is 4.65. The zero-order chi connectivity index (χ0) is 11.7. The molecular weight excluding hydrogens is 212 g/mol. The number of fused-ring (bicyclic) bond motifs is 1. The van der Waals surface area contributed by atoms with Crippen molar-refractivity contribution in [3.8, 4) is 5.75 Å². The maximum Gasteiger partial charge on any atom is 0.115 e. The molecule has 3 nitrogen and oxygen atoms in total. The van der Waals surface area contributed by atoms with E-state index in [-0.39, 0.29) is 0 Å². The Morgan fingerprint density at radius 3 is 3.06 bits per heavy atom. The predicted molar refractivity (Wildman–Crippen MR) is 66.1 cm³/mol. The van der Waals surface area contributed by atoms with Crippen LogP contribution in [0.25, 0.3) is 0 Å². The van der Waals surface area contributed by atoms with Gasteiger partial charge in [-0.3, -0.25) is 0 Å². The standard InChI is InChI=1S/C14H16N2O/c17-13-5-3-4-11(9-13)8-12-10-16-7-2-1-6-14(16)15-12/h3-5,9-10,17H,1-2,6-8H2. The fourth-order valence-electron chi connectivity index (χ4n) is 2.43. The molecule has 1 aliphatic heterocycles. The van der Waals surface area contributed by atoms with Crippen molar-refractivity contribution in [3.05, 3.63) is 47.5 Å². The van der Waals surface area contributed by atoms with Crippen LogP contribution in [0.3, 0.4) is 0 Å². The van der Waals surface area contributed by atoms with E-state index in [1.54, 1.807) is 12.1 Å². The lowest BCUT2D eigenvalue weighted by Crippen LogP contribution is -2.08. The highest BCUT2D eigenvalue weighted by Gasteiger charge is 2.12. The molecule has 1 aliphatic rings. The molecule has 0 saturated carbocycles. The largest absolute Gasteiger partial charge is 0.508 e. The van der Waals surface area contributed by atoms with Crippen LogP contribution in [0.2, 0.25) is 0 Å². The molecule has 0 radical (unpaired) electrons. The van der Waals surface area contributed by atoms with Crippen molar-refractivity contribution >= 4 is 0 Å². The number of hydrogen-bond donors (Lipinski definition) is 1. The zero-order valence-electron chi connectivity index (χ0n) is 9.76. The number of nitrogens with zero attached hydrogens (tertiary/aromatic N) is 2. The lowest BCUT2D eigenvalue weighted by atomic mass is 10.1. The van der Waals surface area contributed by atoms with Crippen LogP contribution >= 0.6 is 0 Å². The van der Waals surface area contributed by atoms with Gasteiger partial charge in [0.15, 0.2) is 0 Å². The van der Waals surface area contributed by atoms with E-state index in [1.807, 2.05) is 12.1 Å². The summed E-state index contributed by atoms with van der Waals surface area (Å²) in [5.41, 5.74) is 2.22. The number of rotatable bonds is 2. The van der Waals surface area contributed by atoms with E-state index >= 15 is 0 Å². The smallest absolute Gasteiger partial charge is 0.115 e. The number of aromatic nitrogens is 2. The number of hydrogen-bond acceptors (Lipinski definition) is 2. The van der Waals surface area contributed by atoms with Gasteiger partial charge < -0.3 is 9.67 Å². The second-order valence-corrected chi connectivity index (χ2v) is 4.65. The normalized spacial score (nSPS) is 14.6. The molecule has 0 atom stereocenters. The summed E-state index contributed by atoms with van der Waals surface area (Å²) < 4.78 is 2.27. The van der Waals surface area contributed by atoms with Gasteiger partial charge in [0.05, 0.1) is 5.69 Å². The van der Waals surface area contributed by atoms with Crippen LogP contribution < -0.4 is 0 Å². The second kappa shape index (κ2) is 4.24. The van der Waals surface area contributed by atoms with Crippen LogP contribution in [-0.2, 0) is 19.4 Å². The topological polar surface area (TPSA) is 38.0 Å². The molecule has 0 amide bonds. The van der Waals surface area contributed by atoms with Crippen LogP contribution in [0.4, 0.5) is 0 Å². The number of phenolic OH excluding ortho intramolecular Hbond substituents is 1. The molecule has 0 spiro atoms. The molecular formula is C14H16N2O. The molecule has 1 N–H and O–H groups in total. The van der Waals surface area contributed by atoms with Gasteiger partial charge in [0.25, 0.3) is 0 Å². The van der Waals surface area contributed by atoms with Gasteiger partial charge in [-0.05, 0) is 30.5 Å². The van der Waals surface area contributed by atoms with Crippen molar-refractivity contribution in [1.82, 2.24) is 9.55 Å². The van der Waals surface area contributed by atoms with Crippen molar-refractivity contribution in [1.29, 1.82) is 0 Å². The first-order chi connectivity index (χ1) is 8.31. The SMILES string of the molecule is Oc1cccc(Cc2cn3c(n2)CCCC3)c1. The third-order valence-electron chi connectivity index (χ3n) is 3.25. The number of imidazole rings is 1. The van der Waals surface area contributed by atoms with Crippen LogP contribution in [0.5, 0.6) is 5.75 Å². The molecule has 1 aromatic carbocycles. The van der Waals surface area contributed by atoms with Gasteiger partial charge in [-0.25, -0.2) is 4.98 Å². The lowest BCUT2D eigenvalue weighted by molar-refractivity contribution is 0.474. The minimum absolute atomic E-state index is 0.325. The first-order valence-corrected chi connectivity index (χ1v) is 6.14. The molecule has 3 heteroatoms. The maximum absolute atomic E-state index is 9.43. The zero-order valence-corrected chi connectivity index (χ0v) is 9.76. The number of phenols is 1. The summed E-state index contributed by atoms with van der Waals surface area (Å²) in [6, 6.07) is 7.40. The van der Waals surface area contributed by atoms with Gasteiger partial charge in [-0.2, -0.15) is 0 Å². The van der Waals surface area contributed by atoms with E-state index in [0.29, 0.717) is 5.75 Å². The van der Waals surface area contributed by atoms with Gasteiger partial charge >= 0.3 is 0 Å². The van der Waals surface area contributed by atoms with E-state index in [4.69, 9.17) is 0 Å². The number of benzene rings is 1. The summed E-state index contributed by atoms with van der Waals surface area (Å²) in [6.45, 7) is 1.10. The summed E-state index contributed by atoms with van der Waals surface area (Å²) in [5.74, 6) is 1.54. The van der Waals surface area contributed by atoms with Crippen molar-refractivity contribution in [3.63, 3.8) is 0 Å². The Balaban J connectivity index is 1.83. The lowest BCUT2D eigenvalue weighted by Gasteiger charge is -2.11. The molecule has 0 saturated heterocycles. The summed E-state index contributed by atoms with van der Waals surface area (Å²) in [7, 11) is 0. The molecule has 0 aliphatic carbocycles. The molecule has 88 valence electrons. The Morgan fingerprint density at radius 2 is 2.24 bits per heavy atom. The van der Waals surface area contributed by atoms with Crippen molar-refractivity contribution in [2.24, 2.45) is 0 Å². The van der Waals surface area contributed by atoms with E-state index in [9.17, 15) is 5.11 Å². The van der Waals surface area contributed by atoms with Gasteiger partial charge in [-0.15, -0.1) is 0 Å². The van der Waals surface area contributed by atoms with E-state index < -0.39 is 0 Å². The fraction of sp³-hybridized carbons (Fsp3) is 0.357. The highest BCUT2D eigenvalue weighted by atomic mass is 16.3. The van der Waals surface area contributed by atoms with Gasteiger partial charge in [0.1, 0.15) is 11.6 Å². The van der Waals surface area contributed by atoms with Crippen LogP contribution in [-0.4, -0.2) is 14.7 Å². The van der Waals surface area contributed by atoms with Gasteiger partial charge in [0.2, 0.25) is 0 Å². The molecule has 1 aromatic heterocycles. The Kier molecular flexibility index (Phi) is 2.59. The Bertz CT molecular complexity index is 507. The molecule has 17 heavy (non-hydrogen) atoms. The highest BCUT2D eigenvalue weighted by Crippen LogP contribution is 2.18. The highest BCUT2D eigenvalue weighted by molar-refractivity contribution is 5.30. The average Bonchev–Trinajstić information content (AvgIpc) is 2.71. The first-order valence-electron chi connectivity index (χ1n) is 6.14. The van der Waals surface area contributed by atoms with E-state index in [2.05, 4.69) is 15.7 Å². The van der Waals surface area contributed by atoms with Crippen molar-refractivity contribution in [2.45, 2.75) is 32.2 Å². The van der Waals surface area contributed by atoms with E-state index in [0.717, 1.165) is 30.6 Å². The summed E-state index contributed by atoms with van der Waals surface area (Å²) in [4.78, 5) is 4.66. The Hall–Kier alpha value is -1.77. The maximum atomic E-state index is 9.43. The van der Waals surface area contributed by atoms with Crippen LogP contribution in [0.1, 0.15) is 29.9 Å². The number of aromatic hydroxyl groups is 1. The minimum Gasteiger partial charge on any atom is -0.508 e. The Morgan fingerprint density at radius 1 is 1.29 bits per heavy atom. The van der Waals surface area contributed by atoms with Gasteiger partial charge in [0, 0.05) is 25.6 Å². The van der Waals surface area contributed by atoms with E-state index in [1.165, 1.54) is 18.7 Å². The van der Waals surface area contributed by atoms with Crippen molar-refractivity contribution < 1.29 is 5.11 Å². The van der Waals surface area contributed by atoms with Crippen molar-refractivity contribution in [2.75, 3.05) is 0 Å². The molecule has 0 unspecified atom stereocenters. The summed E-state index contributed by atoms with van der Waals surface area (Å²) >= 11 is 0. The summed E-state index contributed by atoms with van der Waals surface area (Å²) in [5, 5.41) is 9.43. The molecule has 0 bridgehead atoms. The molecule has 3 rings (SSSR count). The summed E-state index contributed by atoms with van der Waals surface area (Å²) in [6.07, 6.45) is 6.56. The fourth-order valence-corrected chi connectivity index (χ4v) is 2.43. The predicted octanol–water partition coefficient (Wildman–Crippen LogP) is 2.52. The monoisotopic (exact) mass is 228 g/mol.